The van der Waals surface area contributed by atoms with Gasteiger partial charge in [0.15, 0.2) is 0 Å². The van der Waals surface area contributed by atoms with E-state index in [2.05, 4.69) is 5.32 Å². The maximum Gasteiger partial charge on any atom is 0.320 e. The van der Waals surface area contributed by atoms with Crippen LogP contribution in [0, 0.1) is 5.92 Å². The average Bonchev–Trinajstić information content (AvgIpc) is 2.27. The van der Waals surface area contributed by atoms with Crippen LogP contribution in [0.5, 0.6) is 0 Å². The van der Waals surface area contributed by atoms with Crippen molar-refractivity contribution in [1.29, 1.82) is 0 Å². The largest absolute Gasteiger partial charge is 0.480 e. The predicted molar refractivity (Wildman–Crippen MR) is 66.8 cm³/mol. The Balaban J connectivity index is 3.46. The Bertz CT molecular complexity index is 232. The second kappa shape index (κ2) is 9.13. The lowest BCUT2D eigenvalue weighted by molar-refractivity contribution is -0.138. The maximum absolute atomic E-state index is 10.7. The molecule has 0 saturated heterocycles. The number of carboxylic acids is 1. The fourth-order valence-electron chi connectivity index (χ4n) is 1.50. The molecule has 0 heterocycles. The number of hydrogen-bond acceptors (Lipinski definition) is 4. The molecular formula is C12H24N2O3. The van der Waals surface area contributed by atoms with Gasteiger partial charge in [-0.3, -0.25) is 4.79 Å². The number of nitrogens with one attached hydrogen (secondary N) is 1. The summed E-state index contributed by atoms with van der Waals surface area (Å²) in [5.74, 6) is -0.642. The van der Waals surface area contributed by atoms with Crippen molar-refractivity contribution in [3.05, 3.63) is 0 Å². The lowest BCUT2D eigenvalue weighted by atomic mass is 10.1. The predicted octanol–water partition coefficient (Wildman–Crippen LogP) is 0.772. The van der Waals surface area contributed by atoms with Crippen LogP contribution in [0.4, 0.5) is 0 Å². The molecule has 0 bridgehead atoms. The van der Waals surface area contributed by atoms with Gasteiger partial charge < -0.3 is 21.0 Å². The summed E-state index contributed by atoms with van der Waals surface area (Å²) in [5.41, 5.74) is 5.38. The third-order valence-electron chi connectivity index (χ3n) is 2.75. The van der Waals surface area contributed by atoms with Crippen molar-refractivity contribution in [3.8, 4) is 0 Å². The average molecular weight is 244 g/mol. The van der Waals surface area contributed by atoms with E-state index >= 15 is 0 Å². The summed E-state index contributed by atoms with van der Waals surface area (Å²) >= 11 is 0. The lowest BCUT2D eigenvalue weighted by Crippen LogP contribution is -2.35. The minimum Gasteiger partial charge on any atom is -0.480 e. The summed E-state index contributed by atoms with van der Waals surface area (Å²) in [7, 11) is 0. The van der Waals surface area contributed by atoms with Gasteiger partial charge in [0.05, 0.1) is 6.04 Å². The first kappa shape index (κ1) is 16.1. The van der Waals surface area contributed by atoms with E-state index in [9.17, 15) is 9.59 Å². The van der Waals surface area contributed by atoms with Crippen LogP contribution in [0.1, 0.15) is 39.5 Å². The van der Waals surface area contributed by atoms with E-state index in [1.165, 1.54) is 0 Å². The molecule has 5 nitrogen and oxygen atoms in total. The molecule has 0 aliphatic carbocycles. The van der Waals surface area contributed by atoms with Gasteiger partial charge >= 0.3 is 5.97 Å². The zero-order chi connectivity index (χ0) is 13.3. The highest BCUT2D eigenvalue weighted by atomic mass is 16.4. The van der Waals surface area contributed by atoms with Gasteiger partial charge in [-0.05, 0) is 25.3 Å². The van der Waals surface area contributed by atoms with E-state index in [-0.39, 0.29) is 6.04 Å². The second-order valence-corrected chi connectivity index (χ2v) is 4.65. The van der Waals surface area contributed by atoms with Crippen LogP contribution in [-0.2, 0) is 9.59 Å². The van der Waals surface area contributed by atoms with Crippen molar-refractivity contribution in [3.63, 3.8) is 0 Å². The van der Waals surface area contributed by atoms with Crippen LogP contribution in [0.2, 0.25) is 0 Å². The van der Waals surface area contributed by atoms with Crippen LogP contribution in [0.25, 0.3) is 0 Å². The van der Waals surface area contributed by atoms with E-state index in [0.29, 0.717) is 12.3 Å². The number of carbonyl (C=O) groups is 2. The van der Waals surface area contributed by atoms with Crippen LogP contribution in [-0.4, -0.2) is 36.0 Å². The standard InChI is InChI=1S/C12H24N2O3/c1-9(2)11(8-15)14-7-5-3-4-6-10(13)12(16)17/h8-11,14H,3-7,13H2,1-2H3,(H,16,17). The summed E-state index contributed by atoms with van der Waals surface area (Å²) in [6, 6.07) is -0.836. The fraction of sp³-hybridized carbons (Fsp3) is 0.833. The van der Waals surface area contributed by atoms with Gasteiger partial charge in [0.2, 0.25) is 0 Å². The summed E-state index contributed by atoms with van der Waals surface area (Å²) < 4.78 is 0. The molecule has 0 radical (unpaired) electrons. The molecule has 2 atom stereocenters. The van der Waals surface area contributed by atoms with Gasteiger partial charge in [-0.25, -0.2) is 0 Å². The third-order valence-corrected chi connectivity index (χ3v) is 2.75. The number of aliphatic carboxylic acids is 1. The first-order chi connectivity index (χ1) is 7.99. The van der Waals surface area contributed by atoms with Gasteiger partial charge in [-0.1, -0.05) is 26.7 Å². The number of rotatable bonds is 10. The first-order valence-corrected chi connectivity index (χ1v) is 6.16. The molecule has 0 fully saturated rings. The normalized spacial score (nSPS) is 14.6. The molecule has 0 aromatic rings. The number of unbranched alkanes of at least 4 members (excludes halogenated alkanes) is 2. The molecule has 0 aromatic carbocycles. The van der Waals surface area contributed by atoms with E-state index in [0.717, 1.165) is 32.1 Å². The van der Waals surface area contributed by atoms with Crippen LogP contribution in [0.15, 0.2) is 0 Å². The molecule has 2 unspecified atom stereocenters. The Morgan fingerprint density at radius 1 is 1.35 bits per heavy atom. The molecule has 0 aromatic heterocycles. The fourth-order valence-corrected chi connectivity index (χ4v) is 1.50. The smallest absolute Gasteiger partial charge is 0.320 e. The van der Waals surface area contributed by atoms with Crippen LogP contribution >= 0.6 is 0 Å². The minimum atomic E-state index is -0.941. The highest BCUT2D eigenvalue weighted by Crippen LogP contribution is 2.03. The monoisotopic (exact) mass is 244 g/mol. The molecule has 0 saturated carbocycles. The highest BCUT2D eigenvalue weighted by molar-refractivity contribution is 5.72. The Labute approximate surface area is 103 Å². The van der Waals surface area contributed by atoms with Crippen molar-refractivity contribution in [2.24, 2.45) is 11.7 Å². The summed E-state index contributed by atoms with van der Waals surface area (Å²) in [6.07, 6.45) is 4.12. The zero-order valence-electron chi connectivity index (χ0n) is 10.7. The van der Waals surface area contributed by atoms with E-state index in [4.69, 9.17) is 10.8 Å². The zero-order valence-corrected chi connectivity index (χ0v) is 10.7. The highest BCUT2D eigenvalue weighted by Gasteiger charge is 2.11. The Hall–Kier alpha value is -0.940. The molecule has 5 heteroatoms. The van der Waals surface area contributed by atoms with Crippen LogP contribution in [0.3, 0.4) is 0 Å². The molecule has 4 N–H and O–H groups in total. The number of carbonyl (C=O) groups excluding carboxylic acids is 1. The minimum absolute atomic E-state index is 0.0868. The molecule has 0 spiro atoms. The van der Waals surface area contributed by atoms with E-state index < -0.39 is 12.0 Å². The van der Waals surface area contributed by atoms with Crippen molar-refractivity contribution >= 4 is 12.3 Å². The van der Waals surface area contributed by atoms with E-state index in [1.54, 1.807) is 0 Å². The van der Waals surface area contributed by atoms with E-state index in [1.807, 2.05) is 13.8 Å². The second-order valence-electron chi connectivity index (χ2n) is 4.65. The first-order valence-electron chi connectivity index (χ1n) is 6.16. The van der Waals surface area contributed by atoms with Gasteiger partial charge in [0, 0.05) is 0 Å². The number of carboxylic acid groups (broad SMARTS) is 1. The lowest BCUT2D eigenvalue weighted by Gasteiger charge is -2.15. The molecule has 0 aliphatic heterocycles. The van der Waals surface area contributed by atoms with Crippen molar-refractivity contribution in [1.82, 2.24) is 5.32 Å². The van der Waals surface area contributed by atoms with Gasteiger partial charge in [-0.15, -0.1) is 0 Å². The SMILES string of the molecule is CC(C)C(C=O)NCCCCCC(N)C(=O)O. The summed E-state index contributed by atoms with van der Waals surface area (Å²) in [5, 5.41) is 11.7. The number of aldehydes is 1. The summed E-state index contributed by atoms with van der Waals surface area (Å²) in [4.78, 5) is 21.1. The number of hydrogen-bond donors (Lipinski definition) is 3. The molecule has 100 valence electrons. The molecule has 0 rings (SSSR count). The molecule has 17 heavy (non-hydrogen) atoms. The van der Waals surface area contributed by atoms with Crippen molar-refractivity contribution < 1.29 is 14.7 Å². The van der Waals surface area contributed by atoms with Gasteiger partial charge in [0.1, 0.15) is 12.3 Å². The quantitative estimate of drug-likeness (QED) is 0.390. The molecule has 0 aliphatic rings. The molecular weight excluding hydrogens is 220 g/mol. The topological polar surface area (TPSA) is 92.4 Å². The Kier molecular flexibility index (Phi) is 8.62. The number of nitrogens with two attached hydrogens (primary N) is 1. The van der Waals surface area contributed by atoms with Crippen molar-refractivity contribution in [2.45, 2.75) is 51.6 Å². The summed E-state index contributed by atoms with van der Waals surface area (Å²) in [6.45, 7) is 4.78. The van der Waals surface area contributed by atoms with Gasteiger partial charge in [-0.2, -0.15) is 0 Å². The van der Waals surface area contributed by atoms with Gasteiger partial charge in [0.25, 0.3) is 0 Å². The maximum atomic E-state index is 10.7. The Morgan fingerprint density at radius 3 is 2.47 bits per heavy atom. The van der Waals surface area contributed by atoms with Crippen molar-refractivity contribution in [2.75, 3.05) is 6.54 Å². The Morgan fingerprint density at radius 2 is 2.00 bits per heavy atom. The third kappa shape index (κ3) is 7.88. The molecule has 0 amide bonds. The van der Waals surface area contributed by atoms with Crippen LogP contribution < -0.4 is 11.1 Å².